The normalized spacial score (nSPS) is 15.1. The van der Waals surface area contributed by atoms with Gasteiger partial charge in [0.25, 0.3) is 0 Å². The molecule has 0 saturated carbocycles. The average molecular weight is 352 g/mol. The van der Waals surface area contributed by atoms with Crippen molar-refractivity contribution in [2.24, 2.45) is 5.92 Å². The smallest absolute Gasteiger partial charge is 0.321 e. The molecule has 0 spiro atoms. The molecule has 1 heterocycles. The van der Waals surface area contributed by atoms with Crippen LogP contribution < -0.4 is 14.8 Å². The van der Waals surface area contributed by atoms with Gasteiger partial charge in [-0.15, -0.1) is 0 Å². The van der Waals surface area contributed by atoms with E-state index in [1.54, 1.807) is 39.5 Å². The molecule has 1 fully saturated rings. The Hall–Kier alpha value is -1.99. The van der Waals surface area contributed by atoms with Gasteiger partial charge in [-0.2, -0.15) is 0 Å². The highest BCUT2D eigenvalue weighted by molar-refractivity contribution is 5.89. The number of rotatable bonds is 8. The number of methoxy groups -OCH3 is 3. The van der Waals surface area contributed by atoms with Crippen molar-refractivity contribution in [1.29, 1.82) is 0 Å². The lowest BCUT2D eigenvalue weighted by atomic mass is 9.98. The van der Waals surface area contributed by atoms with Crippen molar-refractivity contribution in [2.45, 2.75) is 12.8 Å². The van der Waals surface area contributed by atoms with Gasteiger partial charge in [-0.25, -0.2) is 4.79 Å². The third kappa shape index (κ3) is 5.79. The standard InChI is InChI=1S/C18H28N2O5/c1-22-10-11-25-13-14-6-8-20(9-7-14)18(21)19-15-4-5-16(23-2)17(12-15)24-3/h4-5,12,14H,6-11,13H2,1-3H3,(H,19,21). The minimum absolute atomic E-state index is 0.0917. The summed E-state index contributed by atoms with van der Waals surface area (Å²) in [7, 11) is 4.82. The Labute approximate surface area is 149 Å². The number of urea groups is 1. The number of hydrogen-bond acceptors (Lipinski definition) is 5. The highest BCUT2D eigenvalue weighted by atomic mass is 16.5. The first-order valence-electron chi connectivity index (χ1n) is 8.52. The third-order valence-corrected chi connectivity index (χ3v) is 4.32. The predicted molar refractivity (Wildman–Crippen MR) is 95.6 cm³/mol. The lowest BCUT2D eigenvalue weighted by molar-refractivity contribution is 0.0386. The maximum Gasteiger partial charge on any atom is 0.321 e. The van der Waals surface area contributed by atoms with Crippen LogP contribution in [0.25, 0.3) is 0 Å². The summed E-state index contributed by atoms with van der Waals surface area (Å²) >= 11 is 0. The number of nitrogens with zero attached hydrogens (tertiary/aromatic N) is 1. The second-order valence-electron chi connectivity index (χ2n) is 6.00. The highest BCUT2D eigenvalue weighted by Crippen LogP contribution is 2.30. The summed E-state index contributed by atoms with van der Waals surface area (Å²) in [6.45, 7) is 3.44. The number of ether oxygens (including phenoxy) is 4. The quantitative estimate of drug-likeness (QED) is 0.729. The van der Waals surface area contributed by atoms with E-state index in [0.717, 1.165) is 32.5 Å². The largest absolute Gasteiger partial charge is 0.493 e. The lowest BCUT2D eigenvalue weighted by Gasteiger charge is -2.32. The number of amides is 2. The molecule has 7 nitrogen and oxygen atoms in total. The number of benzene rings is 1. The zero-order valence-electron chi connectivity index (χ0n) is 15.2. The molecule has 2 rings (SSSR count). The molecule has 1 aliphatic heterocycles. The van der Waals surface area contributed by atoms with Crippen LogP contribution in [-0.4, -0.2) is 65.2 Å². The molecule has 0 aliphatic carbocycles. The maximum atomic E-state index is 12.4. The van der Waals surface area contributed by atoms with Crippen molar-refractivity contribution in [2.75, 3.05) is 59.6 Å². The van der Waals surface area contributed by atoms with Gasteiger partial charge in [-0.05, 0) is 30.9 Å². The molecule has 140 valence electrons. The summed E-state index contributed by atoms with van der Waals surface area (Å²) in [5.74, 6) is 1.73. The topological polar surface area (TPSA) is 69.3 Å². The van der Waals surface area contributed by atoms with Crippen molar-refractivity contribution in [3.8, 4) is 11.5 Å². The van der Waals surface area contributed by atoms with Crippen LogP contribution in [0.5, 0.6) is 11.5 Å². The summed E-state index contributed by atoms with van der Waals surface area (Å²) in [5.41, 5.74) is 0.688. The van der Waals surface area contributed by atoms with Gasteiger partial charge >= 0.3 is 6.03 Å². The van der Waals surface area contributed by atoms with Gasteiger partial charge in [0.05, 0.1) is 27.4 Å². The molecule has 1 aromatic carbocycles. The summed E-state index contributed by atoms with van der Waals surface area (Å²) < 4.78 is 21.0. The van der Waals surface area contributed by atoms with Crippen molar-refractivity contribution < 1.29 is 23.7 Å². The van der Waals surface area contributed by atoms with Crippen LogP contribution in [0.1, 0.15) is 12.8 Å². The predicted octanol–water partition coefficient (Wildman–Crippen LogP) is 2.61. The van der Waals surface area contributed by atoms with E-state index in [9.17, 15) is 4.79 Å². The highest BCUT2D eigenvalue weighted by Gasteiger charge is 2.23. The van der Waals surface area contributed by atoms with E-state index in [0.29, 0.717) is 36.3 Å². The molecular formula is C18H28N2O5. The second kappa shape index (κ2) is 10.1. The van der Waals surface area contributed by atoms with E-state index in [4.69, 9.17) is 18.9 Å². The van der Waals surface area contributed by atoms with Gasteiger partial charge < -0.3 is 29.2 Å². The first kappa shape index (κ1) is 19.3. The van der Waals surface area contributed by atoms with E-state index in [2.05, 4.69) is 5.32 Å². The SMILES string of the molecule is COCCOCC1CCN(C(=O)Nc2ccc(OC)c(OC)c2)CC1. The second-order valence-corrected chi connectivity index (χ2v) is 6.00. The monoisotopic (exact) mass is 352 g/mol. The van der Waals surface area contributed by atoms with Crippen LogP contribution in [0.3, 0.4) is 0 Å². The third-order valence-electron chi connectivity index (χ3n) is 4.32. The van der Waals surface area contributed by atoms with Crippen LogP contribution in [0, 0.1) is 5.92 Å². The number of likely N-dealkylation sites (tertiary alicyclic amines) is 1. The van der Waals surface area contributed by atoms with Gasteiger partial charge in [0.1, 0.15) is 0 Å². The molecule has 0 radical (unpaired) electrons. The molecule has 0 aromatic heterocycles. The van der Waals surface area contributed by atoms with Crippen LogP contribution in [-0.2, 0) is 9.47 Å². The Morgan fingerprint density at radius 3 is 2.48 bits per heavy atom. The van der Waals surface area contributed by atoms with Crippen molar-refractivity contribution >= 4 is 11.7 Å². The molecule has 1 N–H and O–H groups in total. The molecule has 2 amide bonds. The van der Waals surface area contributed by atoms with Gasteiger partial charge in [0.15, 0.2) is 11.5 Å². The minimum atomic E-state index is -0.0917. The van der Waals surface area contributed by atoms with E-state index < -0.39 is 0 Å². The van der Waals surface area contributed by atoms with Gasteiger partial charge in [-0.1, -0.05) is 0 Å². The molecule has 25 heavy (non-hydrogen) atoms. The van der Waals surface area contributed by atoms with Crippen LogP contribution >= 0.6 is 0 Å². The number of carbonyl (C=O) groups excluding carboxylic acids is 1. The zero-order chi connectivity index (χ0) is 18.1. The summed E-state index contributed by atoms with van der Waals surface area (Å²) in [4.78, 5) is 14.3. The van der Waals surface area contributed by atoms with Crippen molar-refractivity contribution in [1.82, 2.24) is 4.90 Å². The number of hydrogen-bond donors (Lipinski definition) is 1. The lowest BCUT2D eigenvalue weighted by Crippen LogP contribution is -2.41. The number of nitrogens with one attached hydrogen (secondary N) is 1. The molecule has 7 heteroatoms. The first-order chi connectivity index (χ1) is 12.2. The van der Waals surface area contributed by atoms with Gasteiger partial charge in [-0.3, -0.25) is 0 Å². The summed E-state index contributed by atoms with van der Waals surface area (Å²) in [5, 5.41) is 2.92. The zero-order valence-corrected chi connectivity index (χ0v) is 15.2. The molecule has 1 aliphatic rings. The molecule has 1 saturated heterocycles. The van der Waals surface area contributed by atoms with Crippen LogP contribution in [0.15, 0.2) is 18.2 Å². The molecule has 1 aromatic rings. The first-order valence-corrected chi connectivity index (χ1v) is 8.52. The van der Waals surface area contributed by atoms with E-state index in [1.165, 1.54) is 0 Å². The molecule has 0 unspecified atom stereocenters. The fourth-order valence-electron chi connectivity index (χ4n) is 2.81. The molecule has 0 atom stereocenters. The Morgan fingerprint density at radius 1 is 1.12 bits per heavy atom. The fraction of sp³-hybridized carbons (Fsp3) is 0.611. The average Bonchev–Trinajstić information content (AvgIpc) is 2.65. The Balaban J connectivity index is 1.79. The number of anilines is 1. The van der Waals surface area contributed by atoms with Crippen molar-refractivity contribution in [3.63, 3.8) is 0 Å². The summed E-state index contributed by atoms with van der Waals surface area (Å²) in [6.07, 6.45) is 1.90. The fourth-order valence-corrected chi connectivity index (χ4v) is 2.81. The minimum Gasteiger partial charge on any atom is -0.493 e. The van der Waals surface area contributed by atoms with Gasteiger partial charge in [0.2, 0.25) is 0 Å². The Kier molecular flexibility index (Phi) is 7.81. The van der Waals surface area contributed by atoms with E-state index >= 15 is 0 Å². The summed E-state index contributed by atoms with van der Waals surface area (Å²) in [6, 6.07) is 5.24. The maximum absolute atomic E-state index is 12.4. The Bertz CT molecular complexity index is 544. The van der Waals surface area contributed by atoms with Crippen LogP contribution in [0.2, 0.25) is 0 Å². The number of carbonyl (C=O) groups is 1. The number of piperidine rings is 1. The van der Waals surface area contributed by atoms with Crippen molar-refractivity contribution in [3.05, 3.63) is 18.2 Å². The molecule has 0 bridgehead atoms. The molecular weight excluding hydrogens is 324 g/mol. The van der Waals surface area contributed by atoms with E-state index in [-0.39, 0.29) is 6.03 Å². The van der Waals surface area contributed by atoms with Crippen LogP contribution in [0.4, 0.5) is 10.5 Å². The van der Waals surface area contributed by atoms with Gasteiger partial charge in [0, 0.05) is 38.6 Å². The Morgan fingerprint density at radius 2 is 1.84 bits per heavy atom. The van der Waals surface area contributed by atoms with E-state index in [1.807, 2.05) is 4.90 Å².